The lowest BCUT2D eigenvalue weighted by Gasteiger charge is -2.35. The van der Waals surface area contributed by atoms with Crippen LogP contribution in [-0.4, -0.2) is 56.1 Å². The van der Waals surface area contributed by atoms with E-state index >= 15 is 0 Å². The van der Waals surface area contributed by atoms with Gasteiger partial charge in [-0.05, 0) is 30.0 Å². The maximum Gasteiger partial charge on any atom is 0.237 e. The summed E-state index contributed by atoms with van der Waals surface area (Å²) in [6, 6.07) is 13.5. The van der Waals surface area contributed by atoms with Gasteiger partial charge in [-0.1, -0.05) is 30.3 Å². The number of carbonyl (C=O) groups excluding carboxylic acids is 2. The van der Waals surface area contributed by atoms with Crippen LogP contribution in [-0.2, 0) is 29.0 Å². The van der Waals surface area contributed by atoms with E-state index in [1.54, 1.807) is 14.2 Å². The third kappa shape index (κ3) is 4.82. The Hall–Kier alpha value is -3.06. The van der Waals surface area contributed by atoms with Crippen LogP contribution >= 0.6 is 0 Å². The van der Waals surface area contributed by atoms with E-state index in [1.807, 2.05) is 35.2 Å². The molecular weight excluding hydrogens is 394 g/mol. The lowest BCUT2D eigenvalue weighted by atomic mass is 10.1. The number of fused-ring (bicyclic) bond motifs is 1. The van der Waals surface area contributed by atoms with Crippen molar-refractivity contribution >= 4 is 11.8 Å². The molecule has 2 aliphatic rings. The normalized spacial score (nSPS) is 18.9. The fourth-order valence-corrected chi connectivity index (χ4v) is 4.50. The van der Waals surface area contributed by atoms with Gasteiger partial charge in [-0.25, -0.2) is 0 Å². The fourth-order valence-electron chi connectivity index (χ4n) is 4.50. The first-order chi connectivity index (χ1) is 15.1. The molecule has 1 fully saturated rings. The molecule has 2 N–H and O–H groups in total. The average Bonchev–Trinajstić information content (AvgIpc) is 3.18. The number of benzene rings is 2. The van der Waals surface area contributed by atoms with Gasteiger partial charge in [0.15, 0.2) is 0 Å². The number of nitrogens with zero attached hydrogens (tertiary/aromatic N) is 1. The predicted octanol–water partition coefficient (Wildman–Crippen LogP) is 1.68. The summed E-state index contributed by atoms with van der Waals surface area (Å²) < 4.78 is 10.8. The van der Waals surface area contributed by atoms with Crippen LogP contribution in [0.5, 0.6) is 11.5 Å². The molecule has 7 nitrogen and oxygen atoms in total. The minimum atomic E-state index is -0.510. The summed E-state index contributed by atoms with van der Waals surface area (Å²) in [7, 11) is 3.23. The van der Waals surface area contributed by atoms with E-state index in [2.05, 4.69) is 22.8 Å². The molecule has 2 amide bonds. The Morgan fingerprint density at radius 2 is 1.87 bits per heavy atom. The van der Waals surface area contributed by atoms with E-state index in [9.17, 15) is 9.59 Å². The van der Waals surface area contributed by atoms with Crippen molar-refractivity contribution in [3.05, 3.63) is 59.2 Å². The van der Waals surface area contributed by atoms with Crippen molar-refractivity contribution in [2.24, 2.45) is 0 Å². The van der Waals surface area contributed by atoms with E-state index in [0.29, 0.717) is 31.1 Å². The molecule has 31 heavy (non-hydrogen) atoms. The fraction of sp³-hybridized carbons (Fsp3) is 0.417. The van der Waals surface area contributed by atoms with Gasteiger partial charge in [0.25, 0.3) is 0 Å². The van der Waals surface area contributed by atoms with E-state index in [1.165, 1.54) is 11.1 Å². The molecule has 0 spiro atoms. The molecule has 7 heteroatoms. The standard InChI is InChI=1S/C24H29N3O4/c1-30-20-8-7-18(22(13-20)31-2)15-27-10-9-25-24(29)21(27)14-23(28)26-19-11-16-5-3-4-6-17(16)12-19/h3-8,13,19,21H,9-12,14-15H2,1-2H3,(H,25,29)(H,26,28)/t21-/m1/s1. The Bertz CT molecular complexity index is 937. The van der Waals surface area contributed by atoms with Crippen molar-refractivity contribution in [1.82, 2.24) is 15.5 Å². The van der Waals surface area contributed by atoms with Gasteiger partial charge < -0.3 is 20.1 Å². The van der Waals surface area contributed by atoms with Gasteiger partial charge in [0.1, 0.15) is 11.5 Å². The lowest BCUT2D eigenvalue weighted by molar-refractivity contribution is -0.134. The Morgan fingerprint density at radius 1 is 1.13 bits per heavy atom. The second-order valence-electron chi connectivity index (χ2n) is 8.10. The highest BCUT2D eigenvalue weighted by atomic mass is 16.5. The highest BCUT2D eigenvalue weighted by molar-refractivity contribution is 5.89. The molecule has 1 atom stereocenters. The van der Waals surface area contributed by atoms with Crippen molar-refractivity contribution in [2.45, 2.75) is 37.9 Å². The van der Waals surface area contributed by atoms with Crippen molar-refractivity contribution in [1.29, 1.82) is 0 Å². The summed E-state index contributed by atoms with van der Waals surface area (Å²) in [5.74, 6) is 1.22. The van der Waals surface area contributed by atoms with Crippen LogP contribution in [0.2, 0.25) is 0 Å². The van der Waals surface area contributed by atoms with Gasteiger partial charge in [-0.3, -0.25) is 14.5 Å². The molecule has 1 saturated heterocycles. The maximum absolute atomic E-state index is 12.8. The van der Waals surface area contributed by atoms with Crippen LogP contribution in [0.1, 0.15) is 23.1 Å². The topological polar surface area (TPSA) is 79.9 Å². The molecule has 4 rings (SSSR count). The van der Waals surface area contributed by atoms with Gasteiger partial charge in [-0.15, -0.1) is 0 Å². The average molecular weight is 424 g/mol. The van der Waals surface area contributed by atoms with Crippen LogP contribution in [0.15, 0.2) is 42.5 Å². The molecule has 2 aromatic rings. The third-order valence-electron chi connectivity index (χ3n) is 6.10. The summed E-state index contributed by atoms with van der Waals surface area (Å²) in [4.78, 5) is 27.5. The Kier molecular flexibility index (Phi) is 6.42. The molecule has 164 valence electrons. The quantitative estimate of drug-likeness (QED) is 0.708. The van der Waals surface area contributed by atoms with Crippen molar-refractivity contribution in [3.8, 4) is 11.5 Å². The van der Waals surface area contributed by atoms with Crippen LogP contribution in [0.25, 0.3) is 0 Å². The van der Waals surface area contributed by atoms with E-state index in [-0.39, 0.29) is 24.3 Å². The van der Waals surface area contributed by atoms with Gasteiger partial charge in [-0.2, -0.15) is 0 Å². The van der Waals surface area contributed by atoms with Crippen molar-refractivity contribution < 1.29 is 19.1 Å². The minimum absolute atomic E-state index is 0.0895. The molecule has 2 aromatic carbocycles. The Morgan fingerprint density at radius 3 is 2.55 bits per heavy atom. The molecule has 0 saturated carbocycles. The number of rotatable bonds is 7. The third-order valence-corrected chi connectivity index (χ3v) is 6.10. The van der Waals surface area contributed by atoms with Crippen molar-refractivity contribution in [2.75, 3.05) is 27.3 Å². The van der Waals surface area contributed by atoms with Crippen LogP contribution in [0.4, 0.5) is 0 Å². The molecular formula is C24H29N3O4. The number of piperazine rings is 1. The summed E-state index contributed by atoms with van der Waals surface area (Å²) in [6.07, 6.45) is 1.81. The van der Waals surface area contributed by atoms with Crippen LogP contribution < -0.4 is 20.1 Å². The van der Waals surface area contributed by atoms with Gasteiger partial charge >= 0.3 is 0 Å². The van der Waals surface area contributed by atoms with Crippen molar-refractivity contribution in [3.63, 3.8) is 0 Å². The Labute approximate surface area is 182 Å². The largest absolute Gasteiger partial charge is 0.497 e. The molecule has 1 heterocycles. The second-order valence-corrected chi connectivity index (χ2v) is 8.10. The van der Waals surface area contributed by atoms with Gasteiger partial charge in [0.05, 0.1) is 26.7 Å². The van der Waals surface area contributed by atoms with E-state index in [4.69, 9.17) is 9.47 Å². The number of hydrogen-bond donors (Lipinski definition) is 2. The summed E-state index contributed by atoms with van der Waals surface area (Å²) in [5.41, 5.74) is 3.53. The summed E-state index contributed by atoms with van der Waals surface area (Å²) in [6.45, 7) is 1.76. The van der Waals surface area contributed by atoms with Gasteiger partial charge in [0, 0.05) is 37.3 Å². The van der Waals surface area contributed by atoms with Gasteiger partial charge in [0.2, 0.25) is 11.8 Å². The smallest absolute Gasteiger partial charge is 0.237 e. The molecule has 0 bridgehead atoms. The number of nitrogens with one attached hydrogen (secondary N) is 2. The summed E-state index contributed by atoms with van der Waals surface area (Å²) >= 11 is 0. The first-order valence-electron chi connectivity index (χ1n) is 10.7. The number of amides is 2. The molecule has 1 aliphatic heterocycles. The molecule has 1 aliphatic carbocycles. The molecule has 0 aromatic heterocycles. The summed E-state index contributed by atoms with van der Waals surface area (Å²) in [5, 5.41) is 6.02. The minimum Gasteiger partial charge on any atom is -0.497 e. The first-order valence-corrected chi connectivity index (χ1v) is 10.7. The zero-order chi connectivity index (χ0) is 21.8. The SMILES string of the molecule is COc1ccc(CN2CCNC(=O)[C@H]2CC(=O)NC2Cc3ccccc3C2)c(OC)c1. The lowest BCUT2D eigenvalue weighted by Crippen LogP contribution is -2.56. The first kappa shape index (κ1) is 21.2. The highest BCUT2D eigenvalue weighted by Gasteiger charge is 2.33. The highest BCUT2D eigenvalue weighted by Crippen LogP contribution is 2.27. The number of ether oxygens (including phenoxy) is 2. The zero-order valence-electron chi connectivity index (χ0n) is 18.0. The van der Waals surface area contributed by atoms with E-state index < -0.39 is 6.04 Å². The number of methoxy groups -OCH3 is 2. The number of hydrogen-bond acceptors (Lipinski definition) is 5. The maximum atomic E-state index is 12.8. The Balaban J connectivity index is 1.41. The number of carbonyl (C=O) groups is 2. The predicted molar refractivity (Wildman–Crippen MR) is 117 cm³/mol. The zero-order valence-corrected chi connectivity index (χ0v) is 18.0. The molecule has 0 radical (unpaired) electrons. The van der Waals surface area contributed by atoms with Crippen LogP contribution in [0, 0.1) is 0 Å². The monoisotopic (exact) mass is 423 g/mol. The van der Waals surface area contributed by atoms with E-state index in [0.717, 1.165) is 18.4 Å². The van der Waals surface area contributed by atoms with Crippen LogP contribution in [0.3, 0.4) is 0 Å². The second kappa shape index (κ2) is 9.39. The molecule has 0 unspecified atom stereocenters.